The Labute approximate surface area is 141 Å². The number of methoxy groups -OCH3 is 1. The molecule has 0 saturated carbocycles. The number of carbonyl (C=O) groups excluding carboxylic acids is 2. The highest BCUT2D eigenvalue weighted by atomic mass is 19.1. The summed E-state index contributed by atoms with van der Waals surface area (Å²) in [7, 11) is 1.10. The Bertz CT molecular complexity index is 795. The molecular formula is C17H14F3NO4. The lowest BCUT2D eigenvalue weighted by atomic mass is 10.2. The number of hydrogen-bond donors (Lipinski definition) is 1. The van der Waals surface area contributed by atoms with Gasteiger partial charge in [-0.25, -0.2) is 13.2 Å². The summed E-state index contributed by atoms with van der Waals surface area (Å²) in [6.07, 6.45) is -0.630. The van der Waals surface area contributed by atoms with Crippen molar-refractivity contribution in [1.82, 2.24) is 0 Å². The molecule has 0 aromatic heterocycles. The lowest BCUT2D eigenvalue weighted by Crippen LogP contribution is -2.18. The zero-order valence-electron chi connectivity index (χ0n) is 13.1. The average Bonchev–Trinajstić information content (AvgIpc) is 2.56. The third-order valence-electron chi connectivity index (χ3n) is 3.11. The molecule has 0 saturated heterocycles. The van der Waals surface area contributed by atoms with Gasteiger partial charge in [0.25, 0.3) is 0 Å². The van der Waals surface area contributed by atoms with Crippen molar-refractivity contribution in [2.45, 2.75) is 13.0 Å². The summed E-state index contributed by atoms with van der Waals surface area (Å²) in [6.45, 7) is -0.165. The van der Waals surface area contributed by atoms with Gasteiger partial charge in [0, 0.05) is 12.1 Å². The summed E-state index contributed by atoms with van der Waals surface area (Å²) in [5, 5.41) is 2.06. The van der Waals surface area contributed by atoms with Gasteiger partial charge in [0.2, 0.25) is 5.91 Å². The van der Waals surface area contributed by atoms with E-state index in [0.29, 0.717) is 5.56 Å². The van der Waals surface area contributed by atoms with Crippen LogP contribution in [0.1, 0.15) is 12.0 Å². The minimum atomic E-state index is -0.950. The minimum absolute atomic E-state index is 0.165. The molecule has 25 heavy (non-hydrogen) atoms. The van der Waals surface area contributed by atoms with Crippen molar-refractivity contribution >= 4 is 17.6 Å². The van der Waals surface area contributed by atoms with Gasteiger partial charge in [-0.1, -0.05) is 12.1 Å². The number of hydrogen-bond acceptors (Lipinski definition) is 4. The molecule has 0 fully saturated rings. The summed E-state index contributed by atoms with van der Waals surface area (Å²) < 4.78 is 50.4. The van der Waals surface area contributed by atoms with E-state index >= 15 is 0 Å². The molecule has 0 atom stereocenters. The van der Waals surface area contributed by atoms with Crippen LogP contribution < -0.4 is 10.1 Å². The molecule has 0 radical (unpaired) electrons. The zero-order valence-corrected chi connectivity index (χ0v) is 13.1. The SMILES string of the molecule is COC(=O)CC(=O)Nc1cc(F)c(OCc2cccc(F)c2)cc1F. The van der Waals surface area contributed by atoms with Crippen molar-refractivity contribution in [3.8, 4) is 5.75 Å². The van der Waals surface area contributed by atoms with E-state index in [1.54, 1.807) is 6.07 Å². The maximum Gasteiger partial charge on any atom is 0.315 e. The summed E-state index contributed by atoms with van der Waals surface area (Å²) in [4.78, 5) is 22.5. The fourth-order valence-electron chi connectivity index (χ4n) is 1.92. The Kier molecular flexibility index (Phi) is 5.99. The number of anilines is 1. The number of rotatable bonds is 6. The van der Waals surface area contributed by atoms with Crippen LogP contribution >= 0.6 is 0 Å². The Hall–Kier alpha value is -3.03. The maximum atomic E-state index is 14.0. The fourth-order valence-corrected chi connectivity index (χ4v) is 1.92. The van der Waals surface area contributed by atoms with Gasteiger partial charge in [-0.15, -0.1) is 0 Å². The molecule has 2 rings (SSSR count). The predicted molar refractivity (Wildman–Crippen MR) is 82.4 cm³/mol. The van der Waals surface area contributed by atoms with Gasteiger partial charge in [-0.05, 0) is 17.7 Å². The molecule has 0 aliphatic heterocycles. The highest BCUT2D eigenvalue weighted by Crippen LogP contribution is 2.26. The van der Waals surface area contributed by atoms with Crippen LogP contribution in [0, 0.1) is 17.5 Å². The average molecular weight is 353 g/mol. The number of benzene rings is 2. The standard InChI is InChI=1S/C17H14F3NO4/c1-24-17(23)8-16(22)21-14-6-13(20)15(7-12(14)19)25-9-10-3-2-4-11(18)5-10/h2-7H,8-9H2,1H3,(H,21,22). The number of esters is 1. The normalized spacial score (nSPS) is 10.2. The first-order valence-electron chi connectivity index (χ1n) is 7.12. The van der Waals surface area contributed by atoms with Crippen LogP contribution in [0.2, 0.25) is 0 Å². The van der Waals surface area contributed by atoms with Crippen LogP contribution in [0.4, 0.5) is 18.9 Å². The van der Waals surface area contributed by atoms with Crippen molar-refractivity contribution in [2.24, 2.45) is 0 Å². The molecule has 0 bridgehead atoms. The van der Waals surface area contributed by atoms with Gasteiger partial charge in [-0.3, -0.25) is 9.59 Å². The first-order valence-corrected chi connectivity index (χ1v) is 7.12. The summed E-state index contributed by atoms with van der Waals surface area (Å²) in [5.74, 6) is -4.41. The van der Waals surface area contributed by atoms with E-state index in [1.165, 1.54) is 18.2 Å². The van der Waals surface area contributed by atoms with Crippen molar-refractivity contribution in [2.75, 3.05) is 12.4 Å². The van der Waals surface area contributed by atoms with Gasteiger partial charge in [0.15, 0.2) is 17.4 Å². The van der Waals surface area contributed by atoms with Gasteiger partial charge in [0.1, 0.15) is 18.8 Å². The van der Waals surface area contributed by atoms with Crippen molar-refractivity contribution < 1.29 is 32.2 Å². The molecular weight excluding hydrogens is 339 g/mol. The van der Waals surface area contributed by atoms with E-state index in [1.807, 2.05) is 0 Å². The molecule has 2 aromatic carbocycles. The van der Waals surface area contributed by atoms with E-state index in [9.17, 15) is 22.8 Å². The predicted octanol–water partition coefficient (Wildman–Crippen LogP) is 3.18. The second kappa shape index (κ2) is 8.18. The van der Waals surface area contributed by atoms with Gasteiger partial charge in [-0.2, -0.15) is 0 Å². The van der Waals surface area contributed by atoms with E-state index in [-0.39, 0.29) is 6.61 Å². The monoisotopic (exact) mass is 353 g/mol. The quantitative estimate of drug-likeness (QED) is 0.640. The molecule has 132 valence electrons. The second-order valence-electron chi connectivity index (χ2n) is 4.98. The molecule has 2 aromatic rings. The lowest BCUT2D eigenvalue weighted by Gasteiger charge is -2.11. The van der Waals surface area contributed by atoms with Crippen LogP contribution in [0.25, 0.3) is 0 Å². The highest BCUT2D eigenvalue weighted by Gasteiger charge is 2.15. The van der Waals surface area contributed by atoms with Crippen LogP contribution in [0.5, 0.6) is 5.75 Å². The Morgan fingerprint density at radius 3 is 2.52 bits per heavy atom. The van der Waals surface area contributed by atoms with E-state index in [4.69, 9.17) is 4.74 Å². The maximum absolute atomic E-state index is 14.0. The second-order valence-corrected chi connectivity index (χ2v) is 4.98. The Balaban J connectivity index is 2.06. The van der Waals surface area contributed by atoms with Gasteiger partial charge < -0.3 is 14.8 Å². The van der Waals surface area contributed by atoms with Gasteiger partial charge >= 0.3 is 5.97 Å². The lowest BCUT2D eigenvalue weighted by molar-refractivity contribution is -0.142. The molecule has 8 heteroatoms. The molecule has 1 amide bonds. The van der Waals surface area contributed by atoms with Crippen LogP contribution in [0.3, 0.4) is 0 Å². The number of nitrogens with one attached hydrogen (secondary N) is 1. The van der Waals surface area contributed by atoms with E-state index in [2.05, 4.69) is 10.1 Å². The third-order valence-corrected chi connectivity index (χ3v) is 3.11. The molecule has 1 N–H and O–H groups in total. The van der Waals surface area contributed by atoms with Crippen LogP contribution in [0.15, 0.2) is 36.4 Å². The Morgan fingerprint density at radius 1 is 1.08 bits per heavy atom. The van der Waals surface area contributed by atoms with Gasteiger partial charge in [0.05, 0.1) is 12.8 Å². The summed E-state index contributed by atoms with van der Waals surface area (Å²) >= 11 is 0. The highest BCUT2D eigenvalue weighted by molar-refractivity contribution is 6.01. The van der Waals surface area contributed by atoms with Crippen molar-refractivity contribution in [1.29, 1.82) is 0 Å². The van der Waals surface area contributed by atoms with Crippen molar-refractivity contribution in [3.05, 3.63) is 59.4 Å². The number of halogens is 3. The summed E-state index contributed by atoms with van der Waals surface area (Å²) in [6, 6.07) is 6.96. The summed E-state index contributed by atoms with van der Waals surface area (Å²) in [5.41, 5.74) is -0.000209. The topological polar surface area (TPSA) is 64.6 Å². The van der Waals surface area contributed by atoms with Crippen LogP contribution in [-0.4, -0.2) is 19.0 Å². The molecule has 0 heterocycles. The molecule has 0 unspecified atom stereocenters. The Morgan fingerprint density at radius 2 is 1.84 bits per heavy atom. The largest absolute Gasteiger partial charge is 0.486 e. The van der Waals surface area contributed by atoms with E-state index < -0.39 is 47.2 Å². The fraction of sp³-hybridized carbons (Fsp3) is 0.176. The zero-order chi connectivity index (χ0) is 18.4. The minimum Gasteiger partial charge on any atom is -0.486 e. The molecule has 0 spiro atoms. The smallest absolute Gasteiger partial charge is 0.315 e. The number of amides is 1. The first-order chi connectivity index (χ1) is 11.9. The van der Waals surface area contributed by atoms with Crippen molar-refractivity contribution in [3.63, 3.8) is 0 Å². The number of carbonyl (C=O) groups is 2. The molecule has 0 aliphatic rings. The molecule has 0 aliphatic carbocycles. The first kappa shape index (κ1) is 18.3. The number of ether oxygens (including phenoxy) is 2. The third kappa shape index (κ3) is 5.23. The van der Waals surface area contributed by atoms with E-state index in [0.717, 1.165) is 19.2 Å². The molecule has 5 nitrogen and oxygen atoms in total. The van der Waals surface area contributed by atoms with Crippen LogP contribution in [-0.2, 0) is 20.9 Å².